The third kappa shape index (κ3) is 4.79. The Kier molecular flexibility index (Phi) is 6.33. The van der Waals surface area contributed by atoms with Gasteiger partial charge in [0.2, 0.25) is 5.12 Å². The largest absolute Gasteiger partial charge is 0.282 e. The molecule has 1 nitrogen and oxygen atoms in total. The summed E-state index contributed by atoms with van der Waals surface area (Å²) in [6.45, 7) is 0. The molecule has 1 saturated carbocycles. The molecule has 0 saturated heterocycles. The summed E-state index contributed by atoms with van der Waals surface area (Å²) in [7, 11) is 0. The minimum atomic E-state index is 0.392. The molecule has 0 heterocycles. The Morgan fingerprint density at radius 1 is 0.944 bits per heavy atom. The Bertz CT molecular complexity index is 289. The van der Waals surface area contributed by atoms with Crippen LogP contribution in [0.1, 0.15) is 77.0 Å². The summed E-state index contributed by atoms with van der Waals surface area (Å²) in [5.41, 5.74) is 1.13. The summed E-state index contributed by atoms with van der Waals surface area (Å²) in [6, 6.07) is 0. The molecule has 2 rings (SSSR count). The van der Waals surface area contributed by atoms with E-state index in [4.69, 9.17) is 0 Å². The van der Waals surface area contributed by atoms with Gasteiger partial charge in [0.25, 0.3) is 0 Å². The topological polar surface area (TPSA) is 17.1 Å². The van der Waals surface area contributed by atoms with Crippen LogP contribution in [0.3, 0.4) is 0 Å². The van der Waals surface area contributed by atoms with Crippen LogP contribution in [0.2, 0.25) is 0 Å². The van der Waals surface area contributed by atoms with Crippen molar-refractivity contribution in [3.8, 4) is 0 Å². The molecule has 0 amide bonds. The highest BCUT2D eigenvalue weighted by Crippen LogP contribution is 2.31. The van der Waals surface area contributed by atoms with Crippen LogP contribution in [0.5, 0.6) is 0 Å². The van der Waals surface area contributed by atoms with E-state index in [1.54, 1.807) is 11.8 Å². The molecule has 0 aliphatic heterocycles. The second-order valence-corrected chi connectivity index (χ2v) is 6.97. The fourth-order valence-electron chi connectivity index (χ4n) is 2.96. The van der Waals surface area contributed by atoms with Gasteiger partial charge in [0.1, 0.15) is 0 Å². The smallest absolute Gasteiger partial charge is 0.215 e. The van der Waals surface area contributed by atoms with E-state index in [1.807, 2.05) is 0 Å². The molecule has 0 aromatic carbocycles. The Balaban J connectivity index is 1.84. The maximum Gasteiger partial charge on any atom is 0.215 e. The van der Waals surface area contributed by atoms with E-state index in [9.17, 15) is 4.79 Å². The van der Waals surface area contributed by atoms with Gasteiger partial charge in [0.15, 0.2) is 0 Å². The van der Waals surface area contributed by atoms with E-state index in [0.29, 0.717) is 10.4 Å². The molecule has 1 fully saturated rings. The molecule has 0 aromatic rings. The van der Waals surface area contributed by atoms with Crippen molar-refractivity contribution in [1.82, 2.24) is 0 Å². The number of hydrogen-bond acceptors (Lipinski definition) is 2. The number of carbonyl (C=O) groups excluding carboxylic acids is 1. The second-order valence-electron chi connectivity index (χ2n) is 5.70. The molecule has 2 aliphatic rings. The van der Waals surface area contributed by atoms with Crippen LogP contribution in [-0.4, -0.2) is 10.4 Å². The number of carbonyl (C=O) groups is 1. The van der Waals surface area contributed by atoms with Gasteiger partial charge in [-0.3, -0.25) is 4.79 Å². The first kappa shape index (κ1) is 14.2. The molecular weight excluding hydrogens is 240 g/mol. The van der Waals surface area contributed by atoms with Gasteiger partial charge in [0.05, 0.1) is 0 Å². The fourth-order valence-corrected chi connectivity index (χ4v) is 4.17. The SMILES string of the molecule is O=C(SC1CCCCC1)/C1=C/CCCCCCC1. The van der Waals surface area contributed by atoms with Gasteiger partial charge in [-0.25, -0.2) is 0 Å². The van der Waals surface area contributed by atoms with Crippen LogP contribution in [0, 0.1) is 0 Å². The molecule has 0 radical (unpaired) electrons. The third-order valence-corrected chi connectivity index (χ3v) is 5.41. The number of thioether (sulfide) groups is 1. The molecule has 2 heteroatoms. The summed E-state index contributed by atoms with van der Waals surface area (Å²) in [4.78, 5) is 12.3. The van der Waals surface area contributed by atoms with E-state index < -0.39 is 0 Å². The molecular formula is C16H26OS. The molecule has 2 aliphatic carbocycles. The van der Waals surface area contributed by atoms with Crippen molar-refractivity contribution in [2.75, 3.05) is 0 Å². The second kappa shape index (κ2) is 8.04. The lowest BCUT2D eigenvalue weighted by atomic mass is 10.0. The van der Waals surface area contributed by atoms with Gasteiger partial charge in [-0.1, -0.05) is 56.4 Å². The molecule has 0 N–H and O–H groups in total. The van der Waals surface area contributed by atoms with Crippen LogP contribution in [-0.2, 0) is 4.79 Å². The molecule has 0 unspecified atom stereocenters. The normalized spacial score (nSPS) is 26.6. The van der Waals surface area contributed by atoms with Crippen molar-refractivity contribution in [3.05, 3.63) is 11.6 Å². The first-order valence-electron chi connectivity index (χ1n) is 7.76. The zero-order chi connectivity index (χ0) is 12.6. The maximum absolute atomic E-state index is 12.3. The molecule has 0 spiro atoms. The molecule has 102 valence electrons. The van der Waals surface area contributed by atoms with Crippen LogP contribution in [0.15, 0.2) is 11.6 Å². The van der Waals surface area contributed by atoms with Gasteiger partial charge in [-0.05, 0) is 38.5 Å². The first-order valence-corrected chi connectivity index (χ1v) is 8.64. The van der Waals surface area contributed by atoms with Crippen LogP contribution < -0.4 is 0 Å². The highest BCUT2D eigenvalue weighted by molar-refractivity contribution is 8.14. The van der Waals surface area contributed by atoms with E-state index >= 15 is 0 Å². The summed E-state index contributed by atoms with van der Waals surface area (Å²) >= 11 is 1.64. The summed E-state index contributed by atoms with van der Waals surface area (Å²) in [6.07, 6.45) is 17.4. The van der Waals surface area contributed by atoms with Crippen molar-refractivity contribution < 1.29 is 4.79 Å². The fraction of sp³-hybridized carbons (Fsp3) is 0.812. The maximum atomic E-state index is 12.3. The lowest BCUT2D eigenvalue weighted by molar-refractivity contribution is -0.108. The minimum absolute atomic E-state index is 0.392. The van der Waals surface area contributed by atoms with Crippen molar-refractivity contribution in [1.29, 1.82) is 0 Å². The van der Waals surface area contributed by atoms with Gasteiger partial charge in [0, 0.05) is 10.8 Å². The minimum Gasteiger partial charge on any atom is -0.282 e. The van der Waals surface area contributed by atoms with Crippen molar-refractivity contribution in [2.45, 2.75) is 82.3 Å². The van der Waals surface area contributed by atoms with Crippen molar-refractivity contribution >= 4 is 16.9 Å². The molecule has 0 bridgehead atoms. The van der Waals surface area contributed by atoms with Gasteiger partial charge < -0.3 is 0 Å². The Morgan fingerprint density at radius 2 is 1.61 bits per heavy atom. The lowest BCUT2D eigenvalue weighted by Gasteiger charge is -2.20. The third-order valence-electron chi connectivity index (χ3n) is 4.13. The van der Waals surface area contributed by atoms with E-state index in [-0.39, 0.29) is 0 Å². The molecule has 0 aromatic heterocycles. The van der Waals surface area contributed by atoms with Gasteiger partial charge in [-0.15, -0.1) is 0 Å². The Hall–Kier alpha value is -0.240. The van der Waals surface area contributed by atoms with Crippen LogP contribution in [0.25, 0.3) is 0 Å². The predicted octanol–water partition coefficient (Wildman–Crippen LogP) is 5.25. The van der Waals surface area contributed by atoms with Crippen molar-refractivity contribution in [3.63, 3.8) is 0 Å². The zero-order valence-electron chi connectivity index (χ0n) is 11.5. The quantitative estimate of drug-likeness (QED) is 0.679. The van der Waals surface area contributed by atoms with Gasteiger partial charge in [-0.2, -0.15) is 0 Å². The highest BCUT2D eigenvalue weighted by atomic mass is 32.2. The number of rotatable bonds is 2. The highest BCUT2D eigenvalue weighted by Gasteiger charge is 2.20. The van der Waals surface area contributed by atoms with Crippen LogP contribution in [0.4, 0.5) is 0 Å². The van der Waals surface area contributed by atoms with Crippen molar-refractivity contribution in [2.24, 2.45) is 0 Å². The Labute approximate surface area is 116 Å². The number of hydrogen-bond donors (Lipinski definition) is 0. The molecule has 0 atom stereocenters. The molecule has 18 heavy (non-hydrogen) atoms. The Morgan fingerprint density at radius 3 is 2.44 bits per heavy atom. The average Bonchev–Trinajstić information content (AvgIpc) is 2.53. The predicted molar refractivity (Wildman–Crippen MR) is 79.9 cm³/mol. The van der Waals surface area contributed by atoms with E-state index in [2.05, 4.69) is 6.08 Å². The number of allylic oxidation sites excluding steroid dienone is 1. The van der Waals surface area contributed by atoms with E-state index in [0.717, 1.165) is 18.4 Å². The van der Waals surface area contributed by atoms with Crippen LogP contribution >= 0.6 is 11.8 Å². The van der Waals surface area contributed by atoms with Gasteiger partial charge >= 0.3 is 0 Å². The van der Waals surface area contributed by atoms with E-state index in [1.165, 1.54) is 64.2 Å². The summed E-state index contributed by atoms with van der Waals surface area (Å²) in [5, 5.41) is 1.00. The lowest BCUT2D eigenvalue weighted by Crippen LogP contribution is -2.12. The first-order chi connectivity index (χ1) is 8.86. The monoisotopic (exact) mass is 266 g/mol. The summed E-state index contributed by atoms with van der Waals surface area (Å²) in [5.74, 6) is 0. The summed E-state index contributed by atoms with van der Waals surface area (Å²) < 4.78 is 0. The average molecular weight is 266 g/mol. The standard InChI is InChI=1S/C16H26OS/c17-16(18-15-12-8-5-9-13-15)14-10-6-3-1-2-4-7-11-14/h10,15H,1-9,11-13H2/b14-10+. The zero-order valence-corrected chi connectivity index (χ0v) is 12.3.